The number of amides is 1. The van der Waals surface area contributed by atoms with E-state index in [4.69, 9.17) is 0 Å². The van der Waals surface area contributed by atoms with Crippen LogP contribution in [0.1, 0.15) is 28.8 Å². The van der Waals surface area contributed by atoms with E-state index in [2.05, 4.69) is 4.90 Å². The topological polar surface area (TPSA) is 40.6 Å². The van der Waals surface area contributed by atoms with Gasteiger partial charge in [-0.05, 0) is 61.8 Å². The van der Waals surface area contributed by atoms with Crippen molar-refractivity contribution in [1.82, 2.24) is 4.90 Å². The smallest absolute Gasteiger partial charge is 0.231 e. The van der Waals surface area contributed by atoms with Gasteiger partial charge in [0.15, 0.2) is 5.78 Å². The number of carbonyl (C=O) groups is 2. The lowest BCUT2D eigenvalue weighted by Crippen LogP contribution is -2.42. The molecule has 1 amide bonds. The summed E-state index contributed by atoms with van der Waals surface area (Å²) in [7, 11) is 0. The molecule has 0 unspecified atom stereocenters. The van der Waals surface area contributed by atoms with Crippen molar-refractivity contribution in [2.75, 3.05) is 31.1 Å². The third kappa shape index (κ3) is 3.69. The van der Waals surface area contributed by atoms with Crippen molar-refractivity contribution in [2.24, 2.45) is 5.92 Å². The van der Waals surface area contributed by atoms with Gasteiger partial charge in [-0.2, -0.15) is 0 Å². The summed E-state index contributed by atoms with van der Waals surface area (Å²) in [5.41, 5.74) is 1.70. The molecular weight excluding hydrogens is 362 g/mol. The van der Waals surface area contributed by atoms with E-state index in [-0.39, 0.29) is 35.4 Å². The van der Waals surface area contributed by atoms with Crippen molar-refractivity contribution in [1.29, 1.82) is 0 Å². The Morgan fingerprint density at radius 1 is 1.04 bits per heavy atom. The highest BCUT2D eigenvalue weighted by Crippen LogP contribution is 2.29. The van der Waals surface area contributed by atoms with E-state index in [0.29, 0.717) is 25.9 Å². The van der Waals surface area contributed by atoms with Crippen molar-refractivity contribution in [3.63, 3.8) is 0 Å². The molecule has 2 aromatic rings. The molecule has 2 aliphatic rings. The lowest BCUT2D eigenvalue weighted by Gasteiger charge is -2.32. The maximum absolute atomic E-state index is 13.9. The number of carbonyl (C=O) groups excluding carboxylic acids is 2. The number of anilines is 1. The molecule has 4 nitrogen and oxygen atoms in total. The number of fused-ring (bicyclic) bond motifs is 1. The zero-order valence-corrected chi connectivity index (χ0v) is 15.5. The van der Waals surface area contributed by atoms with Crippen LogP contribution in [-0.4, -0.2) is 42.8 Å². The number of ketones is 1. The van der Waals surface area contributed by atoms with E-state index in [1.165, 1.54) is 18.2 Å². The van der Waals surface area contributed by atoms with Gasteiger partial charge in [-0.3, -0.25) is 9.59 Å². The van der Waals surface area contributed by atoms with Gasteiger partial charge >= 0.3 is 0 Å². The second-order valence-corrected chi connectivity index (χ2v) is 7.46. The van der Waals surface area contributed by atoms with Crippen LogP contribution in [0.2, 0.25) is 0 Å². The van der Waals surface area contributed by atoms with Crippen molar-refractivity contribution in [3.8, 4) is 0 Å². The molecule has 146 valence electrons. The van der Waals surface area contributed by atoms with Crippen LogP contribution in [0.25, 0.3) is 0 Å². The van der Waals surface area contributed by atoms with Crippen LogP contribution < -0.4 is 4.90 Å². The Morgan fingerprint density at radius 2 is 1.79 bits per heavy atom. The molecular formula is C22H22F2N2O2. The number of benzene rings is 2. The molecule has 2 aliphatic heterocycles. The number of halogens is 2. The molecule has 0 radical (unpaired) electrons. The molecule has 6 heteroatoms. The number of likely N-dealkylation sites (tertiary alicyclic amines) is 1. The van der Waals surface area contributed by atoms with Crippen molar-refractivity contribution in [3.05, 3.63) is 65.2 Å². The molecule has 0 aliphatic carbocycles. The van der Waals surface area contributed by atoms with Gasteiger partial charge in [0, 0.05) is 24.7 Å². The maximum Gasteiger partial charge on any atom is 0.231 e. The minimum absolute atomic E-state index is 0.00906. The second-order valence-electron chi connectivity index (χ2n) is 7.46. The van der Waals surface area contributed by atoms with Crippen LogP contribution in [-0.2, 0) is 11.2 Å². The van der Waals surface area contributed by atoms with Crippen LogP contribution in [0.15, 0.2) is 42.5 Å². The molecule has 1 saturated heterocycles. The van der Waals surface area contributed by atoms with Crippen LogP contribution in [0.4, 0.5) is 14.5 Å². The van der Waals surface area contributed by atoms with Crippen LogP contribution in [0.5, 0.6) is 0 Å². The fourth-order valence-corrected chi connectivity index (χ4v) is 4.14. The van der Waals surface area contributed by atoms with E-state index in [0.717, 1.165) is 24.3 Å². The van der Waals surface area contributed by atoms with E-state index in [1.54, 1.807) is 29.2 Å². The number of piperidine rings is 1. The third-order valence-electron chi connectivity index (χ3n) is 5.71. The normalized spacial score (nSPS) is 17.8. The van der Waals surface area contributed by atoms with E-state index in [1.807, 2.05) is 0 Å². The Labute approximate surface area is 162 Å². The Hall–Kier alpha value is -2.60. The Kier molecular flexibility index (Phi) is 5.22. The summed E-state index contributed by atoms with van der Waals surface area (Å²) in [6, 6.07) is 10.6. The quantitative estimate of drug-likeness (QED) is 0.742. The van der Waals surface area contributed by atoms with Gasteiger partial charge < -0.3 is 9.80 Å². The highest BCUT2D eigenvalue weighted by atomic mass is 19.1. The Balaban J connectivity index is 1.32. The molecule has 2 heterocycles. The fourth-order valence-electron chi connectivity index (χ4n) is 4.14. The SMILES string of the molecule is O=C(c1ccccc1F)C1CCN(CCN2C(=O)Cc3cc(F)ccc32)CC1. The second kappa shape index (κ2) is 7.80. The van der Waals surface area contributed by atoms with Gasteiger partial charge in [-0.15, -0.1) is 0 Å². The number of hydrogen-bond donors (Lipinski definition) is 0. The summed E-state index contributed by atoms with van der Waals surface area (Å²) in [6.45, 7) is 2.72. The molecule has 0 N–H and O–H groups in total. The number of hydrogen-bond acceptors (Lipinski definition) is 3. The molecule has 0 aromatic heterocycles. The Bertz CT molecular complexity index is 907. The summed E-state index contributed by atoms with van der Waals surface area (Å²) in [6.07, 6.45) is 1.61. The highest BCUT2D eigenvalue weighted by Gasteiger charge is 2.30. The van der Waals surface area contributed by atoms with E-state index >= 15 is 0 Å². The molecule has 2 aromatic carbocycles. The standard InChI is InChI=1S/C22H22F2N2O2/c23-17-5-6-20-16(13-17)14-21(27)26(20)12-11-25-9-7-15(8-10-25)22(28)18-3-1-2-4-19(18)24/h1-6,13,15H,7-12,14H2. The molecule has 0 spiro atoms. The Morgan fingerprint density at radius 3 is 2.54 bits per heavy atom. The molecule has 0 atom stereocenters. The number of Topliss-reactive ketones (excluding diaryl/α,β-unsaturated/α-hetero) is 1. The van der Waals surface area contributed by atoms with E-state index < -0.39 is 5.82 Å². The summed E-state index contributed by atoms with van der Waals surface area (Å²) >= 11 is 0. The predicted octanol–water partition coefficient (Wildman–Crippen LogP) is 3.45. The monoisotopic (exact) mass is 384 g/mol. The number of rotatable bonds is 5. The van der Waals surface area contributed by atoms with Crippen molar-refractivity contribution in [2.45, 2.75) is 19.3 Å². The zero-order valence-electron chi connectivity index (χ0n) is 15.5. The van der Waals surface area contributed by atoms with Gasteiger partial charge in [0.05, 0.1) is 12.0 Å². The van der Waals surface area contributed by atoms with Gasteiger partial charge in [0.2, 0.25) is 5.91 Å². The van der Waals surface area contributed by atoms with Crippen molar-refractivity contribution >= 4 is 17.4 Å². The number of nitrogens with zero attached hydrogens (tertiary/aromatic N) is 2. The first kappa shape index (κ1) is 18.7. The molecule has 4 rings (SSSR count). The van der Waals surface area contributed by atoms with Gasteiger partial charge in [0.1, 0.15) is 11.6 Å². The third-order valence-corrected chi connectivity index (χ3v) is 5.71. The molecule has 0 saturated carbocycles. The van der Waals surface area contributed by atoms with Crippen LogP contribution >= 0.6 is 0 Å². The summed E-state index contributed by atoms with van der Waals surface area (Å²) in [5.74, 6) is -1.08. The lowest BCUT2D eigenvalue weighted by atomic mass is 9.88. The highest BCUT2D eigenvalue weighted by molar-refractivity contribution is 6.01. The maximum atomic E-state index is 13.9. The average molecular weight is 384 g/mol. The predicted molar refractivity (Wildman–Crippen MR) is 102 cm³/mol. The summed E-state index contributed by atoms with van der Waals surface area (Å²) < 4.78 is 27.2. The van der Waals surface area contributed by atoms with Crippen LogP contribution in [0, 0.1) is 17.6 Å². The fraction of sp³-hybridized carbons (Fsp3) is 0.364. The van der Waals surface area contributed by atoms with Crippen molar-refractivity contribution < 1.29 is 18.4 Å². The first-order valence-electron chi connectivity index (χ1n) is 9.63. The minimum atomic E-state index is -0.461. The molecule has 28 heavy (non-hydrogen) atoms. The van der Waals surface area contributed by atoms with Gasteiger partial charge in [0.25, 0.3) is 0 Å². The first-order chi connectivity index (χ1) is 13.5. The zero-order chi connectivity index (χ0) is 19.7. The molecule has 0 bridgehead atoms. The lowest BCUT2D eigenvalue weighted by molar-refractivity contribution is -0.117. The van der Waals surface area contributed by atoms with E-state index in [9.17, 15) is 18.4 Å². The molecule has 1 fully saturated rings. The van der Waals surface area contributed by atoms with Gasteiger partial charge in [-0.1, -0.05) is 12.1 Å². The summed E-state index contributed by atoms with van der Waals surface area (Å²) in [4.78, 5) is 28.7. The average Bonchev–Trinajstić information content (AvgIpc) is 3.00. The first-order valence-corrected chi connectivity index (χ1v) is 9.63. The largest absolute Gasteiger partial charge is 0.311 e. The van der Waals surface area contributed by atoms with Crippen LogP contribution in [0.3, 0.4) is 0 Å². The summed E-state index contributed by atoms with van der Waals surface area (Å²) in [5, 5.41) is 0. The minimum Gasteiger partial charge on any atom is -0.311 e. The van der Waals surface area contributed by atoms with Gasteiger partial charge in [-0.25, -0.2) is 8.78 Å².